The summed E-state index contributed by atoms with van der Waals surface area (Å²) in [5.74, 6) is 2.33. The lowest BCUT2D eigenvalue weighted by molar-refractivity contribution is -0.137. The molecule has 4 rings (SSSR count). The molecule has 0 saturated heterocycles. The Balaban J connectivity index is 1.43. The number of benzene rings is 2. The van der Waals surface area contributed by atoms with Crippen molar-refractivity contribution in [2.75, 3.05) is 7.11 Å². The van der Waals surface area contributed by atoms with E-state index >= 15 is 0 Å². The summed E-state index contributed by atoms with van der Waals surface area (Å²) in [4.78, 5) is 4.25. The van der Waals surface area contributed by atoms with Crippen molar-refractivity contribution in [2.45, 2.75) is 17.1 Å². The zero-order chi connectivity index (χ0) is 22.0. The molecule has 0 atom stereocenters. The number of halogens is 3. The van der Waals surface area contributed by atoms with Crippen molar-refractivity contribution in [3.63, 3.8) is 0 Å². The molecule has 0 spiro atoms. The van der Waals surface area contributed by atoms with Crippen LogP contribution in [0.5, 0.6) is 5.75 Å². The van der Waals surface area contributed by atoms with E-state index in [1.165, 1.54) is 23.9 Å². The first-order valence-corrected chi connectivity index (χ1v) is 10.0. The molecule has 0 unspecified atom stereocenters. The van der Waals surface area contributed by atoms with E-state index in [4.69, 9.17) is 9.26 Å². The predicted octanol–water partition coefficient (Wildman–Crippen LogP) is 4.85. The average Bonchev–Trinajstić information content (AvgIpc) is 3.38. The largest absolute Gasteiger partial charge is 0.497 e. The molecule has 0 radical (unpaired) electrons. The minimum absolute atomic E-state index is 0.223. The van der Waals surface area contributed by atoms with Gasteiger partial charge in [-0.05, 0) is 36.4 Å². The number of ether oxygens (including phenoxy) is 1. The maximum atomic E-state index is 12.7. The van der Waals surface area contributed by atoms with Crippen LogP contribution in [0.1, 0.15) is 11.5 Å². The molecule has 0 fully saturated rings. The van der Waals surface area contributed by atoms with E-state index < -0.39 is 11.7 Å². The Hall–Kier alpha value is -3.34. The Kier molecular flexibility index (Phi) is 5.68. The minimum atomic E-state index is -4.39. The standard InChI is InChI=1S/C20H16F3N5O2S/c1-28-18(13-5-9-15(29-2)10-6-13)25-26-19(28)31-11-16-24-17(27-30-16)12-3-7-14(8-4-12)20(21,22)23/h3-10H,11H2,1-2H3. The van der Waals surface area contributed by atoms with Gasteiger partial charge < -0.3 is 13.8 Å². The predicted molar refractivity (Wildman–Crippen MR) is 107 cm³/mol. The van der Waals surface area contributed by atoms with Crippen LogP contribution in [0.25, 0.3) is 22.8 Å². The zero-order valence-corrected chi connectivity index (χ0v) is 17.2. The fraction of sp³-hybridized carbons (Fsp3) is 0.200. The third kappa shape index (κ3) is 4.55. The van der Waals surface area contributed by atoms with Gasteiger partial charge in [-0.25, -0.2) is 0 Å². The minimum Gasteiger partial charge on any atom is -0.497 e. The molecule has 7 nitrogen and oxygen atoms in total. The van der Waals surface area contributed by atoms with Gasteiger partial charge in [-0.2, -0.15) is 18.2 Å². The molecule has 0 bridgehead atoms. The van der Waals surface area contributed by atoms with Gasteiger partial charge in [0.2, 0.25) is 11.7 Å². The zero-order valence-electron chi connectivity index (χ0n) is 16.4. The van der Waals surface area contributed by atoms with Gasteiger partial charge >= 0.3 is 6.18 Å². The second kappa shape index (κ2) is 8.42. The molecule has 0 aliphatic rings. The summed E-state index contributed by atoms with van der Waals surface area (Å²) in [5, 5.41) is 12.9. The maximum Gasteiger partial charge on any atom is 0.416 e. The highest BCUT2D eigenvalue weighted by molar-refractivity contribution is 7.98. The Bertz CT molecular complexity index is 1170. The van der Waals surface area contributed by atoms with Crippen LogP contribution in [0.3, 0.4) is 0 Å². The van der Waals surface area contributed by atoms with E-state index in [0.29, 0.717) is 28.2 Å². The normalized spacial score (nSPS) is 11.6. The highest BCUT2D eigenvalue weighted by Crippen LogP contribution is 2.31. The van der Waals surface area contributed by atoms with Crippen LogP contribution >= 0.6 is 11.8 Å². The van der Waals surface area contributed by atoms with Gasteiger partial charge in [-0.1, -0.05) is 29.1 Å². The third-order valence-electron chi connectivity index (χ3n) is 4.45. The maximum absolute atomic E-state index is 12.7. The summed E-state index contributed by atoms with van der Waals surface area (Å²) in [6.07, 6.45) is -4.39. The van der Waals surface area contributed by atoms with Crippen molar-refractivity contribution in [1.82, 2.24) is 24.9 Å². The number of alkyl halides is 3. The fourth-order valence-corrected chi connectivity index (χ4v) is 3.55. The first kappa shape index (κ1) is 20.9. The molecule has 11 heteroatoms. The van der Waals surface area contributed by atoms with Gasteiger partial charge in [0.1, 0.15) is 5.75 Å². The SMILES string of the molecule is COc1ccc(-c2nnc(SCc3nc(-c4ccc(C(F)(F)F)cc4)no3)n2C)cc1. The molecule has 2 aromatic heterocycles. The van der Waals surface area contributed by atoms with Gasteiger partial charge in [0.05, 0.1) is 18.4 Å². The molecule has 0 N–H and O–H groups in total. The lowest BCUT2D eigenvalue weighted by atomic mass is 10.1. The van der Waals surface area contributed by atoms with E-state index in [2.05, 4.69) is 20.3 Å². The van der Waals surface area contributed by atoms with Gasteiger partial charge in [-0.15, -0.1) is 10.2 Å². The molecular formula is C20H16F3N5O2S. The van der Waals surface area contributed by atoms with Crippen molar-refractivity contribution in [3.8, 4) is 28.5 Å². The second-order valence-electron chi connectivity index (χ2n) is 6.47. The summed E-state index contributed by atoms with van der Waals surface area (Å²) >= 11 is 1.36. The third-order valence-corrected chi connectivity index (χ3v) is 5.45. The summed E-state index contributed by atoms with van der Waals surface area (Å²) < 4.78 is 50.3. The number of thioether (sulfide) groups is 1. The van der Waals surface area contributed by atoms with Gasteiger partial charge in [-0.3, -0.25) is 0 Å². The van der Waals surface area contributed by atoms with Crippen LogP contribution in [0.4, 0.5) is 13.2 Å². The first-order valence-electron chi connectivity index (χ1n) is 9.02. The lowest BCUT2D eigenvalue weighted by Crippen LogP contribution is -2.04. The van der Waals surface area contributed by atoms with Gasteiger partial charge in [0, 0.05) is 18.2 Å². The van der Waals surface area contributed by atoms with Crippen molar-refractivity contribution in [1.29, 1.82) is 0 Å². The van der Waals surface area contributed by atoms with Crippen LogP contribution in [-0.4, -0.2) is 32.0 Å². The van der Waals surface area contributed by atoms with E-state index in [0.717, 1.165) is 23.4 Å². The molecule has 0 saturated carbocycles. The Morgan fingerprint density at radius 1 is 1.00 bits per heavy atom. The Morgan fingerprint density at radius 2 is 1.68 bits per heavy atom. The number of hydrogen-bond acceptors (Lipinski definition) is 7. The number of methoxy groups -OCH3 is 1. The number of hydrogen-bond donors (Lipinski definition) is 0. The monoisotopic (exact) mass is 447 g/mol. The number of aromatic nitrogens is 5. The van der Waals surface area contributed by atoms with E-state index in [-0.39, 0.29) is 5.82 Å². The number of nitrogens with zero attached hydrogens (tertiary/aromatic N) is 5. The molecule has 31 heavy (non-hydrogen) atoms. The number of rotatable bonds is 6. The first-order chi connectivity index (χ1) is 14.8. The van der Waals surface area contributed by atoms with Crippen LogP contribution in [0.15, 0.2) is 58.2 Å². The quantitative estimate of drug-likeness (QED) is 0.391. The summed E-state index contributed by atoms with van der Waals surface area (Å²) in [6.45, 7) is 0. The topological polar surface area (TPSA) is 78.9 Å². The average molecular weight is 447 g/mol. The molecule has 0 aliphatic heterocycles. The van der Waals surface area contributed by atoms with Crippen molar-refractivity contribution >= 4 is 11.8 Å². The van der Waals surface area contributed by atoms with E-state index in [9.17, 15) is 13.2 Å². The van der Waals surface area contributed by atoms with E-state index in [1.807, 2.05) is 35.9 Å². The van der Waals surface area contributed by atoms with E-state index in [1.54, 1.807) is 7.11 Å². The molecule has 0 aliphatic carbocycles. The van der Waals surface area contributed by atoms with Gasteiger partial charge in [0.25, 0.3) is 0 Å². The molecule has 2 heterocycles. The molecule has 2 aromatic carbocycles. The molecule has 4 aromatic rings. The summed E-state index contributed by atoms with van der Waals surface area (Å²) in [7, 11) is 3.45. The smallest absolute Gasteiger partial charge is 0.416 e. The van der Waals surface area contributed by atoms with Crippen LogP contribution in [0.2, 0.25) is 0 Å². The lowest BCUT2D eigenvalue weighted by Gasteiger charge is -2.05. The van der Waals surface area contributed by atoms with Crippen molar-refractivity contribution in [3.05, 3.63) is 60.0 Å². The fourth-order valence-electron chi connectivity index (χ4n) is 2.80. The molecule has 160 valence electrons. The Labute approximate surface area is 179 Å². The summed E-state index contributed by atoms with van der Waals surface area (Å²) in [6, 6.07) is 12.1. The highest BCUT2D eigenvalue weighted by atomic mass is 32.2. The molecular weight excluding hydrogens is 431 g/mol. The molecule has 0 amide bonds. The van der Waals surface area contributed by atoms with Crippen LogP contribution in [0, 0.1) is 0 Å². The van der Waals surface area contributed by atoms with Gasteiger partial charge in [0.15, 0.2) is 11.0 Å². The van der Waals surface area contributed by atoms with Crippen LogP contribution < -0.4 is 4.74 Å². The highest BCUT2D eigenvalue weighted by Gasteiger charge is 2.30. The van der Waals surface area contributed by atoms with Crippen LogP contribution in [-0.2, 0) is 19.0 Å². The summed E-state index contributed by atoms with van der Waals surface area (Å²) in [5.41, 5.74) is 0.601. The van der Waals surface area contributed by atoms with Crippen molar-refractivity contribution in [2.24, 2.45) is 7.05 Å². The van der Waals surface area contributed by atoms with Crippen molar-refractivity contribution < 1.29 is 22.4 Å². The second-order valence-corrected chi connectivity index (χ2v) is 7.41. The Morgan fingerprint density at radius 3 is 2.32 bits per heavy atom.